The van der Waals surface area contributed by atoms with Gasteiger partial charge >= 0.3 is 0 Å². The fourth-order valence-electron chi connectivity index (χ4n) is 2.64. The molecule has 0 fully saturated rings. The molecule has 29 heavy (non-hydrogen) atoms. The van der Waals surface area contributed by atoms with Gasteiger partial charge in [0.25, 0.3) is 5.91 Å². The van der Waals surface area contributed by atoms with Gasteiger partial charge in [-0.25, -0.2) is 9.02 Å². The molecule has 0 spiro atoms. The minimum atomic E-state index is -0.810. The Hall–Kier alpha value is -3.62. The van der Waals surface area contributed by atoms with Crippen molar-refractivity contribution in [3.63, 3.8) is 0 Å². The smallest absolute Gasteiger partial charge is 0.266 e. The van der Waals surface area contributed by atoms with E-state index in [0.29, 0.717) is 34.9 Å². The molecule has 0 aliphatic rings. The second-order valence-corrected chi connectivity index (χ2v) is 5.99. The minimum absolute atomic E-state index is 0.142. The summed E-state index contributed by atoms with van der Waals surface area (Å²) in [5, 5.41) is 10.3. The van der Waals surface area contributed by atoms with Crippen LogP contribution in [0.15, 0.2) is 47.1 Å². The van der Waals surface area contributed by atoms with E-state index >= 15 is 0 Å². The number of amides is 1. The first-order chi connectivity index (χ1) is 14.0. The van der Waals surface area contributed by atoms with E-state index in [4.69, 9.17) is 18.8 Å². The van der Waals surface area contributed by atoms with Crippen LogP contribution in [0.1, 0.15) is 13.3 Å². The molecule has 0 aliphatic heterocycles. The first kappa shape index (κ1) is 20.1. The highest BCUT2D eigenvalue weighted by Crippen LogP contribution is 2.34. The molecule has 1 amide bonds. The van der Waals surface area contributed by atoms with Crippen molar-refractivity contribution < 1.29 is 28.0 Å². The van der Waals surface area contributed by atoms with Gasteiger partial charge in [0.2, 0.25) is 5.82 Å². The summed E-state index contributed by atoms with van der Waals surface area (Å²) >= 11 is 0. The number of carbonyl (C=O) groups is 1. The second kappa shape index (κ2) is 9.05. The lowest BCUT2D eigenvalue weighted by Gasteiger charge is -2.16. The van der Waals surface area contributed by atoms with Crippen molar-refractivity contribution in [1.82, 2.24) is 10.3 Å². The van der Waals surface area contributed by atoms with Gasteiger partial charge in [-0.15, -0.1) is 0 Å². The number of hydrogen-bond acceptors (Lipinski definition) is 7. The van der Waals surface area contributed by atoms with Crippen molar-refractivity contribution in [3.8, 4) is 28.5 Å². The third kappa shape index (κ3) is 4.63. The van der Waals surface area contributed by atoms with Crippen LogP contribution in [0.25, 0.3) is 11.3 Å². The number of anilines is 1. The molecule has 1 atom stereocenters. The zero-order valence-corrected chi connectivity index (χ0v) is 16.1. The van der Waals surface area contributed by atoms with Crippen LogP contribution in [0.5, 0.6) is 17.2 Å². The molecule has 0 radical (unpaired) electrons. The Morgan fingerprint density at radius 1 is 1.10 bits per heavy atom. The molecular weight excluding hydrogens is 381 g/mol. The maximum Gasteiger partial charge on any atom is 0.266 e. The van der Waals surface area contributed by atoms with Crippen molar-refractivity contribution in [2.75, 3.05) is 19.5 Å². The summed E-state index contributed by atoms with van der Waals surface area (Å²) in [5.41, 5.74) is 0.947. The highest BCUT2D eigenvalue weighted by atomic mass is 19.1. The SMILES string of the molecule is CCC(Oc1ccc(F)cc1)C(=O)Nc1nonc1-c1ccc(OC)c(OC)c1. The first-order valence-electron chi connectivity index (χ1n) is 8.83. The molecule has 2 aromatic carbocycles. The van der Waals surface area contributed by atoms with Crippen molar-refractivity contribution in [3.05, 3.63) is 48.3 Å². The summed E-state index contributed by atoms with van der Waals surface area (Å²) < 4.78 is 34.0. The summed E-state index contributed by atoms with van der Waals surface area (Å²) in [6, 6.07) is 10.6. The molecule has 3 rings (SSSR count). The van der Waals surface area contributed by atoms with E-state index in [1.54, 1.807) is 25.1 Å². The maximum absolute atomic E-state index is 13.0. The summed E-state index contributed by atoms with van der Waals surface area (Å²) in [6.45, 7) is 1.80. The molecule has 1 N–H and O–H groups in total. The van der Waals surface area contributed by atoms with Crippen molar-refractivity contribution in [2.24, 2.45) is 0 Å². The number of carbonyl (C=O) groups excluding carboxylic acids is 1. The van der Waals surface area contributed by atoms with Gasteiger partial charge in [-0.1, -0.05) is 6.92 Å². The van der Waals surface area contributed by atoms with Crippen molar-refractivity contribution in [1.29, 1.82) is 0 Å². The lowest BCUT2D eigenvalue weighted by molar-refractivity contribution is -0.122. The zero-order valence-electron chi connectivity index (χ0n) is 16.1. The van der Waals surface area contributed by atoms with Gasteiger partial charge in [-0.2, -0.15) is 0 Å². The summed E-state index contributed by atoms with van der Waals surface area (Å²) in [6.07, 6.45) is -0.421. The topological polar surface area (TPSA) is 95.7 Å². The van der Waals surface area contributed by atoms with Gasteiger partial charge in [-0.3, -0.25) is 4.79 Å². The Kier molecular flexibility index (Phi) is 6.28. The van der Waals surface area contributed by atoms with Crippen LogP contribution in [-0.4, -0.2) is 36.5 Å². The van der Waals surface area contributed by atoms with Gasteiger partial charge in [0.15, 0.2) is 23.3 Å². The van der Waals surface area contributed by atoms with Crippen LogP contribution in [0, 0.1) is 5.82 Å². The Bertz CT molecular complexity index is 975. The predicted molar refractivity (Wildman–Crippen MR) is 103 cm³/mol. The van der Waals surface area contributed by atoms with Crippen LogP contribution in [0.4, 0.5) is 10.2 Å². The molecular formula is C20H20FN3O5. The predicted octanol–water partition coefficient (Wildman–Crippen LogP) is 3.69. The standard InChI is InChI=1S/C20H20FN3O5/c1-4-15(28-14-8-6-13(21)7-9-14)20(25)22-19-18(23-29-24-19)12-5-10-16(26-2)17(11-12)27-3/h5-11,15H,4H2,1-3H3,(H,22,24,25). The number of hydrogen-bond donors (Lipinski definition) is 1. The number of aromatic nitrogens is 2. The van der Waals surface area contributed by atoms with Gasteiger partial charge in [0, 0.05) is 5.56 Å². The lowest BCUT2D eigenvalue weighted by Crippen LogP contribution is -2.32. The molecule has 0 saturated heterocycles. The summed E-state index contributed by atoms with van der Waals surface area (Å²) in [5.74, 6) is 0.751. The molecule has 152 valence electrons. The average Bonchev–Trinajstić information content (AvgIpc) is 3.20. The number of nitrogens with one attached hydrogen (secondary N) is 1. The first-order valence-corrected chi connectivity index (χ1v) is 8.83. The Morgan fingerprint density at radius 3 is 2.48 bits per heavy atom. The molecule has 0 aliphatic carbocycles. The molecule has 9 heteroatoms. The number of ether oxygens (including phenoxy) is 3. The number of rotatable bonds is 8. The van der Waals surface area contributed by atoms with E-state index in [0.717, 1.165) is 0 Å². The van der Waals surface area contributed by atoms with Gasteiger partial charge < -0.3 is 19.5 Å². The molecule has 1 aromatic heterocycles. The van der Waals surface area contributed by atoms with Gasteiger partial charge in [0.1, 0.15) is 11.6 Å². The van der Waals surface area contributed by atoms with E-state index in [-0.39, 0.29) is 11.6 Å². The van der Waals surface area contributed by atoms with Gasteiger partial charge in [-0.05, 0) is 59.2 Å². The highest BCUT2D eigenvalue weighted by Gasteiger charge is 2.23. The zero-order chi connectivity index (χ0) is 20.8. The molecule has 0 saturated carbocycles. The maximum atomic E-state index is 13.0. The molecule has 3 aromatic rings. The van der Waals surface area contributed by atoms with Crippen molar-refractivity contribution >= 4 is 11.7 Å². The number of benzene rings is 2. The van der Waals surface area contributed by atoms with Crippen LogP contribution in [0.2, 0.25) is 0 Å². The number of halogens is 1. The Morgan fingerprint density at radius 2 is 1.83 bits per heavy atom. The van der Waals surface area contributed by atoms with Crippen molar-refractivity contribution in [2.45, 2.75) is 19.4 Å². The van der Waals surface area contributed by atoms with E-state index in [9.17, 15) is 9.18 Å². The van der Waals surface area contributed by atoms with Crippen LogP contribution in [-0.2, 0) is 4.79 Å². The monoisotopic (exact) mass is 401 g/mol. The lowest BCUT2D eigenvalue weighted by atomic mass is 10.1. The molecule has 1 unspecified atom stereocenters. The fourth-order valence-corrected chi connectivity index (χ4v) is 2.64. The molecule has 1 heterocycles. The Balaban J connectivity index is 1.78. The largest absolute Gasteiger partial charge is 0.493 e. The number of methoxy groups -OCH3 is 2. The third-order valence-corrected chi connectivity index (χ3v) is 4.14. The van der Waals surface area contributed by atoms with E-state index in [2.05, 4.69) is 15.6 Å². The van der Waals surface area contributed by atoms with Crippen LogP contribution >= 0.6 is 0 Å². The van der Waals surface area contributed by atoms with Crippen LogP contribution < -0.4 is 19.5 Å². The minimum Gasteiger partial charge on any atom is -0.493 e. The summed E-state index contributed by atoms with van der Waals surface area (Å²) in [4.78, 5) is 12.7. The quantitative estimate of drug-likeness (QED) is 0.615. The fraction of sp³-hybridized carbons (Fsp3) is 0.250. The summed E-state index contributed by atoms with van der Waals surface area (Å²) in [7, 11) is 3.05. The Labute approximate surface area is 166 Å². The average molecular weight is 401 g/mol. The molecule has 0 bridgehead atoms. The van der Waals surface area contributed by atoms with Crippen LogP contribution in [0.3, 0.4) is 0 Å². The second-order valence-electron chi connectivity index (χ2n) is 5.99. The van der Waals surface area contributed by atoms with Gasteiger partial charge in [0.05, 0.1) is 14.2 Å². The highest BCUT2D eigenvalue weighted by molar-refractivity contribution is 5.96. The van der Waals surface area contributed by atoms with E-state index in [1.807, 2.05) is 0 Å². The van der Waals surface area contributed by atoms with E-state index < -0.39 is 12.0 Å². The van der Waals surface area contributed by atoms with E-state index in [1.165, 1.54) is 38.5 Å². The normalized spacial score (nSPS) is 11.6. The molecule has 8 nitrogen and oxygen atoms in total. The number of nitrogens with zero attached hydrogens (tertiary/aromatic N) is 2. The third-order valence-electron chi connectivity index (χ3n) is 4.14.